The van der Waals surface area contributed by atoms with Crippen molar-refractivity contribution in [1.29, 1.82) is 0 Å². The quantitative estimate of drug-likeness (QED) is 0.650. The maximum Gasteiger partial charge on any atom is 0.297 e. The molecule has 0 unspecified atom stereocenters. The summed E-state index contributed by atoms with van der Waals surface area (Å²) in [5.74, 6) is -0.305. The molecule has 0 saturated carbocycles. The fraction of sp³-hybridized carbons (Fsp3) is 0.167. The lowest BCUT2D eigenvalue weighted by molar-refractivity contribution is -0.0760. The van der Waals surface area contributed by atoms with Crippen molar-refractivity contribution >= 4 is 11.6 Å². The largest absolute Gasteiger partial charge is 0.399 e. The summed E-state index contributed by atoms with van der Waals surface area (Å²) in [6.07, 6.45) is 1.70. The molecule has 0 bridgehead atoms. The highest BCUT2D eigenvalue weighted by atomic mass is 16.7. The van der Waals surface area contributed by atoms with Gasteiger partial charge in [-0.25, -0.2) is 9.75 Å². The number of rotatable bonds is 3. The standard InChI is InChI=1S/C12H14N4O2/c1-15(18-2)12(17)11-6-7-16(14-11)10-5-3-4-9(13)8-10/h3-8H,13H2,1-2H3. The Labute approximate surface area is 105 Å². The van der Waals surface area contributed by atoms with E-state index in [1.54, 1.807) is 29.1 Å². The zero-order valence-corrected chi connectivity index (χ0v) is 10.2. The van der Waals surface area contributed by atoms with E-state index in [0.29, 0.717) is 11.4 Å². The van der Waals surface area contributed by atoms with Crippen LogP contribution >= 0.6 is 0 Å². The third-order valence-corrected chi connectivity index (χ3v) is 2.50. The molecule has 1 aromatic heterocycles. The van der Waals surface area contributed by atoms with Crippen molar-refractivity contribution in [2.75, 3.05) is 19.9 Å². The molecule has 0 atom stereocenters. The van der Waals surface area contributed by atoms with Gasteiger partial charge in [-0.1, -0.05) is 6.07 Å². The van der Waals surface area contributed by atoms with Gasteiger partial charge < -0.3 is 5.73 Å². The van der Waals surface area contributed by atoms with E-state index in [2.05, 4.69) is 5.10 Å². The number of benzene rings is 1. The first-order chi connectivity index (χ1) is 8.61. The normalized spacial score (nSPS) is 10.3. The molecule has 6 heteroatoms. The average Bonchev–Trinajstić information content (AvgIpc) is 2.86. The molecule has 1 aromatic carbocycles. The molecule has 0 aliphatic carbocycles. The van der Waals surface area contributed by atoms with E-state index in [0.717, 1.165) is 10.8 Å². The lowest BCUT2D eigenvalue weighted by Gasteiger charge is -2.11. The summed E-state index contributed by atoms with van der Waals surface area (Å²) in [6, 6.07) is 8.88. The SMILES string of the molecule is CON(C)C(=O)c1ccn(-c2cccc(N)c2)n1. The Kier molecular flexibility index (Phi) is 3.29. The number of anilines is 1. The summed E-state index contributed by atoms with van der Waals surface area (Å²) in [7, 11) is 2.95. The van der Waals surface area contributed by atoms with Crippen LogP contribution in [-0.4, -0.2) is 34.9 Å². The van der Waals surface area contributed by atoms with E-state index < -0.39 is 0 Å². The van der Waals surface area contributed by atoms with Gasteiger partial charge in [0.25, 0.3) is 5.91 Å². The van der Waals surface area contributed by atoms with Crippen molar-refractivity contribution < 1.29 is 9.63 Å². The first-order valence-electron chi connectivity index (χ1n) is 5.35. The summed E-state index contributed by atoms with van der Waals surface area (Å²) >= 11 is 0. The van der Waals surface area contributed by atoms with Gasteiger partial charge in [-0.05, 0) is 24.3 Å². The lowest BCUT2D eigenvalue weighted by Crippen LogP contribution is -2.25. The summed E-state index contributed by atoms with van der Waals surface area (Å²) in [4.78, 5) is 16.6. The Morgan fingerprint density at radius 3 is 2.89 bits per heavy atom. The predicted molar refractivity (Wildman–Crippen MR) is 67.1 cm³/mol. The first kappa shape index (κ1) is 12.1. The number of hydrogen-bond donors (Lipinski definition) is 1. The van der Waals surface area contributed by atoms with Crippen LogP contribution in [0.5, 0.6) is 0 Å². The monoisotopic (exact) mass is 246 g/mol. The maximum atomic E-state index is 11.8. The Morgan fingerprint density at radius 2 is 2.22 bits per heavy atom. The van der Waals surface area contributed by atoms with Crippen molar-refractivity contribution in [3.8, 4) is 5.69 Å². The predicted octanol–water partition coefficient (Wildman–Crippen LogP) is 1.09. The maximum absolute atomic E-state index is 11.8. The molecule has 0 saturated heterocycles. The molecule has 0 radical (unpaired) electrons. The number of carbonyl (C=O) groups is 1. The third kappa shape index (κ3) is 2.33. The molecule has 0 aliphatic heterocycles. The molecule has 2 rings (SSSR count). The van der Waals surface area contributed by atoms with Crippen molar-refractivity contribution in [2.45, 2.75) is 0 Å². The van der Waals surface area contributed by atoms with E-state index in [4.69, 9.17) is 10.6 Å². The molecule has 0 fully saturated rings. The summed E-state index contributed by atoms with van der Waals surface area (Å²) < 4.78 is 1.59. The molecular weight excluding hydrogens is 232 g/mol. The number of nitrogens with zero attached hydrogens (tertiary/aromatic N) is 3. The molecule has 1 heterocycles. The van der Waals surface area contributed by atoms with Gasteiger partial charge in [-0.2, -0.15) is 5.10 Å². The van der Waals surface area contributed by atoms with Crippen LogP contribution < -0.4 is 5.73 Å². The van der Waals surface area contributed by atoms with Crippen molar-refractivity contribution in [1.82, 2.24) is 14.8 Å². The Balaban J connectivity index is 2.28. The summed E-state index contributed by atoms with van der Waals surface area (Å²) in [6.45, 7) is 0. The minimum absolute atomic E-state index is 0.305. The second-order valence-electron chi connectivity index (χ2n) is 3.73. The number of aromatic nitrogens is 2. The zero-order valence-electron chi connectivity index (χ0n) is 10.2. The molecule has 18 heavy (non-hydrogen) atoms. The fourth-order valence-corrected chi connectivity index (χ4v) is 1.49. The molecule has 0 aliphatic rings. The van der Waals surface area contributed by atoms with Gasteiger partial charge in [0.15, 0.2) is 5.69 Å². The van der Waals surface area contributed by atoms with Crippen LogP contribution in [0.25, 0.3) is 5.69 Å². The molecule has 2 aromatic rings. The number of carbonyl (C=O) groups excluding carboxylic acids is 1. The van der Waals surface area contributed by atoms with E-state index in [1.807, 2.05) is 12.1 Å². The molecule has 6 nitrogen and oxygen atoms in total. The van der Waals surface area contributed by atoms with Gasteiger partial charge >= 0.3 is 0 Å². The average molecular weight is 246 g/mol. The number of hydroxylamine groups is 2. The zero-order chi connectivity index (χ0) is 13.1. The van der Waals surface area contributed by atoms with Crippen LogP contribution in [0.3, 0.4) is 0 Å². The van der Waals surface area contributed by atoms with Gasteiger partial charge in [0, 0.05) is 18.9 Å². The minimum Gasteiger partial charge on any atom is -0.399 e. The van der Waals surface area contributed by atoms with Crippen LogP contribution in [0.15, 0.2) is 36.5 Å². The highest BCUT2D eigenvalue weighted by molar-refractivity contribution is 5.91. The lowest BCUT2D eigenvalue weighted by atomic mass is 10.3. The van der Waals surface area contributed by atoms with Gasteiger partial charge in [-0.3, -0.25) is 9.63 Å². The molecule has 0 spiro atoms. The van der Waals surface area contributed by atoms with Crippen LogP contribution in [0.1, 0.15) is 10.5 Å². The number of nitrogen functional groups attached to an aromatic ring is 1. The second kappa shape index (κ2) is 4.89. The van der Waals surface area contributed by atoms with Crippen LogP contribution in [0.4, 0.5) is 5.69 Å². The van der Waals surface area contributed by atoms with Crippen molar-refractivity contribution in [3.63, 3.8) is 0 Å². The molecular formula is C12H14N4O2. The van der Waals surface area contributed by atoms with Crippen LogP contribution in [-0.2, 0) is 4.84 Å². The van der Waals surface area contributed by atoms with Gasteiger partial charge in [0.2, 0.25) is 0 Å². The van der Waals surface area contributed by atoms with Gasteiger partial charge in [-0.15, -0.1) is 0 Å². The number of nitrogens with two attached hydrogens (primary N) is 1. The Bertz CT molecular complexity index is 565. The number of hydrogen-bond acceptors (Lipinski definition) is 4. The first-order valence-corrected chi connectivity index (χ1v) is 5.35. The van der Waals surface area contributed by atoms with Crippen molar-refractivity contribution in [2.24, 2.45) is 0 Å². The van der Waals surface area contributed by atoms with E-state index in [9.17, 15) is 4.79 Å². The number of amides is 1. The topological polar surface area (TPSA) is 73.4 Å². The summed E-state index contributed by atoms with van der Waals surface area (Å²) in [5.41, 5.74) is 7.45. The fourth-order valence-electron chi connectivity index (χ4n) is 1.49. The highest BCUT2D eigenvalue weighted by Gasteiger charge is 2.14. The van der Waals surface area contributed by atoms with E-state index >= 15 is 0 Å². The molecule has 94 valence electrons. The Hall–Kier alpha value is -2.34. The van der Waals surface area contributed by atoms with Crippen molar-refractivity contribution in [3.05, 3.63) is 42.2 Å². The minimum atomic E-state index is -0.305. The van der Waals surface area contributed by atoms with E-state index in [-0.39, 0.29) is 5.91 Å². The van der Waals surface area contributed by atoms with E-state index in [1.165, 1.54) is 14.2 Å². The molecule has 2 N–H and O–H groups in total. The van der Waals surface area contributed by atoms with Crippen LogP contribution in [0.2, 0.25) is 0 Å². The highest BCUT2D eigenvalue weighted by Crippen LogP contribution is 2.12. The van der Waals surface area contributed by atoms with Gasteiger partial charge in [0.1, 0.15) is 0 Å². The molecule has 1 amide bonds. The Morgan fingerprint density at radius 1 is 1.44 bits per heavy atom. The summed E-state index contributed by atoms with van der Waals surface area (Å²) in [5, 5.41) is 5.30. The smallest absolute Gasteiger partial charge is 0.297 e. The van der Waals surface area contributed by atoms with Crippen LogP contribution in [0, 0.1) is 0 Å². The second-order valence-corrected chi connectivity index (χ2v) is 3.73. The van der Waals surface area contributed by atoms with Gasteiger partial charge in [0.05, 0.1) is 12.8 Å². The third-order valence-electron chi connectivity index (χ3n) is 2.50.